The molecule has 0 N–H and O–H groups in total. The molecule has 0 aliphatic heterocycles. The predicted molar refractivity (Wildman–Crippen MR) is 113 cm³/mol. The van der Waals surface area contributed by atoms with Gasteiger partial charge in [0.15, 0.2) is 10.8 Å². The van der Waals surface area contributed by atoms with Gasteiger partial charge in [0.1, 0.15) is 5.56 Å². The standard InChI is InChI=1S/C14H7N2O2.C9H12O3S/c15-16-11-7-3-6-10-12(11)14(18)9-5-2-1-4-8(9)13(10)17;1-6-4-7(2)9(8(3)5-6)13-12-11-10/h1-7H;4-5,10H,1-3H3/q+1;/p-1. The van der Waals surface area contributed by atoms with Crippen LogP contribution < -0.4 is 5.26 Å². The molecule has 0 atom stereocenters. The van der Waals surface area contributed by atoms with E-state index in [0.29, 0.717) is 11.1 Å². The summed E-state index contributed by atoms with van der Waals surface area (Å²) in [7, 11) is 0. The summed E-state index contributed by atoms with van der Waals surface area (Å²) in [4.78, 5) is 28.6. The molecule has 0 radical (unpaired) electrons. The number of diazo groups is 1. The number of benzene rings is 3. The third-order valence-corrected chi connectivity index (χ3v) is 5.72. The van der Waals surface area contributed by atoms with E-state index in [-0.39, 0.29) is 28.4 Å². The molecule has 4 rings (SSSR count). The molecule has 7 nitrogen and oxygen atoms in total. The minimum Gasteiger partial charge on any atom is -0.691 e. The van der Waals surface area contributed by atoms with E-state index in [2.05, 4.69) is 14.3 Å². The SMILES string of the molecule is Cc1cc(C)c(SOO[O-])c(C)c1.N#[N+]c1cccc2c1C(=O)c1ccccc1C2=O. The van der Waals surface area contributed by atoms with Crippen molar-refractivity contribution in [1.82, 2.24) is 0 Å². The largest absolute Gasteiger partial charge is 0.691 e. The maximum absolute atomic E-state index is 12.3. The molecule has 31 heavy (non-hydrogen) atoms. The molecule has 0 fully saturated rings. The van der Waals surface area contributed by atoms with E-state index >= 15 is 0 Å². The quantitative estimate of drug-likeness (QED) is 0.198. The van der Waals surface area contributed by atoms with Crippen molar-refractivity contribution in [3.63, 3.8) is 0 Å². The monoisotopic (exact) mass is 434 g/mol. The number of hydrogen-bond acceptors (Lipinski definition) is 7. The van der Waals surface area contributed by atoms with E-state index in [1.165, 1.54) is 11.6 Å². The first-order valence-corrected chi connectivity index (χ1v) is 10.0. The molecule has 0 spiro atoms. The van der Waals surface area contributed by atoms with Gasteiger partial charge in [0, 0.05) is 27.7 Å². The average Bonchev–Trinajstić information content (AvgIpc) is 2.76. The van der Waals surface area contributed by atoms with E-state index in [1.54, 1.807) is 36.4 Å². The van der Waals surface area contributed by atoms with Gasteiger partial charge in [0.05, 0.1) is 12.0 Å². The Morgan fingerprint density at radius 2 is 1.45 bits per heavy atom. The fraction of sp³-hybridized carbons (Fsp3) is 0.130. The molecular formula is C23H18N2O5S. The van der Waals surface area contributed by atoms with Gasteiger partial charge in [-0.3, -0.25) is 14.6 Å². The van der Waals surface area contributed by atoms with Gasteiger partial charge in [-0.05, 0) is 38.0 Å². The lowest BCUT2D eigenvalue weighted by molar-refractivity contribution is -0.777. The number of nitrogens with zero attached hydrogens (tertiary/aromatic N) is 2. The Labute approximate surface area is 183 Å². The molecule has 1 aliphatic rings. The molecule has 0 saturated carbocycles. The number of carbonyl (C=O) groups is 2. The zero-order valence-electron chi connectivity index (χ0n) is 17.0. The molecule has 8 heteroatoms. The summed E-state index contributed by atoms with van der Waals surface area (Å²) in [5.41, 5.74) is 4.69. The van der Waals surface area contributed by atoms with Crippen LogP contribution in [0.1, 0.15) is 48.5 Å². The lowest BCUT2D eigenvalue weighted by Crippen LogP contribution is -2.20. The maximum Gasteiger partial charge on any atom is 0.396 e. The summed E-state index contributed by atoms with van der Waals surface area (Å²) in [6.45, 7) is 5.96. The van der Waals surface area contributed by atoms with Crippen LogP contribution in [0.25, 0.3) is 4.98 Å². The summed E-state index contributed by atoms with van der Waals surface area (Å²) < 4.78 is 4.28. The molecule has 1 aliphatic carbocycles. The zero-order valence-corrected chi connectivity index (χ0v) is 17.9. The van der Waals surface area contributed by atoms with Crippen LogP contribution in [-0.2, 0) is 9.37 Å². The molecule has 0 heterocycles. The van der Waals surface area contributed by atoms with Crippen LogP contribution >= 0.6 is 12.0 Å². The Kier molecular flexibility index (Phi) is 6.95. The van der Waals surface area contributed by atoms with E-state index in [1.807, 2.05) is 32.9 Å². The van der Waals surface area contributed by atoms with E-state index in [0.717, 1.165) is 28.1 Å². The molecule has 0 saturated heterocycles. The Morgan fingerprint density at radius 1 is 0.871 bits per heavy atom. The fourth-order valence-corrected chi connectivity index (χ4v) is 4.03. The highest BCUT2D eigenvalue weighted by Crippen LogP contribution is 2.33. The first-order valence-electron chi connectivity index (χ1n) is 9.26. The highest BCUT2D eigenvalue weighted by atomic mass is 32.2. The number of hydrogen-bond donors (Lipinski definition) is 0. The van der Waals surface area contributed by atoms with Crippen molar-refractivity contribution in [2.45, 2.75) is 25.7 Å². The predicted octanol–water partition coefficient (Wildman–Crippen LogP) is 4.79. The first-order chi connectivity index (χ1) is 14.9. The van der Waals surface area contributed by atoms with Crippen LogP contribution in [0.3, 0.4) is 0 Å². The molecule has 3 aromatic carbocycles. The van der Waals surface area contributed by atoms with Crippen molar-refractivity contribution in [1.29, 1.82) is 5.39 Å². The van der Waals surface area contributed by atoms with Crippen molar-refractivity contribution in [3.05, 3.63) is 98.5 Å². The van der Waals surface area contributed by atoms with Gasteiger partial charge >= 0.3 is 5.69 Å². The van der Waals surface area contributed by atoms with Gasteiger partial charge in [0.25, 0.3) is 0 Å². The molecule has 3 aromatic rings. The Balaban J connectivity index is 0.000000187. The average molecular weight is 434 g/mol. The second-order valence-electron chi connectivity index (χ2n) is 6.95. The van der Waals surface area contributed by atoms with Crippen molar-refractivity contribution >= 4 is 29.3 Å². The highest BCUT2D eigenvalue weighted by molar-refractivity contribution is 7.94. The number of rotatable bonds is 3. The first kappa shape index (κ1) is 22.3. The van der Waals surface area contributed by atoms with Gasteiger partial charge in [0.2, 0.25) is 11.2 Å². The van der Waals surface area contributed by atoms with Crippen LogP contribution in [0.15, 0.2) is 59.5 Å². The van der Waals surface area contributed by atoms with Gasteiger partial charge in [-0.2, -0.15) is 4.33 Å². The van der Waals surface area contributed by atoms with E-state index in [4.69, 9.17) is 5.39 Å². The number of carbonyl (C=O) groups excluding carboxylic acids is 2. The summed E-state index contributed by atoms with van der Waals surface area (Å²) in [6, 6.07) is 15.4. The number of fused-ring (bicyclic) bond motifs is 2. The van der Waals surface area contributed by atoms with Crippen molar-refractivity contribution < 1.29 is 24.2 Å². The van der Waals surface area contributed by atoms with E-state index in [9.17, 15) is 14.8 Å². The lowest BCUT2D eigenvalue weighted by Gasteiger charge is -2.14. The Morgan fingerprint density at radius 3 is 2.03 bits per heavy atom. The summed E-state index contributed by atoms with van der Waals surface area (Å²) in [5, 5.41) is 21.9. The van der Waals surface area contributed by atoms with Crippen molar-refractivity contribution in [3.8, 4) is 0 Å². The van der Waals surface area contributed by atoms with Gasteiger partial charge < -0.3 is 5.26 Å². The maximum atomic E-state index is 12.3. The van der Waals surface area contributed by atoms with Gasteiger partial charge in [-0.1, -0.05) is 48.0 Å². The van der Waals surface area contributed by atoms with Crippen molar-refractivity contribution in [2.24, 2.45) is 0 Å². The molecular weight excluding hydrogens is 416 g/mol. The minimum absolute atomic E-state index is 0.125. The third-order valence-electron chi connectivity index (χ3n) is 4.79. The summed E-state index contributed by atoms with van der Waals surface area (Å²) >= 11 is 0.948. The second-order valence-corrected chi connectivity index (χ2v) is 7.66. The number of ketones is 2. The topological polar surface area (TPSA) is 104 Å². The summed E-state index contributed by atoms with van der Waals surface area (Å²) in [6.07, 6.45) is 0. The van der Waals surface area contributed by atoms with Crippen LogP contribution in [-0.4, -0.2) is 11.6 Å². The molecule has 156 valence electrons. The third kappa shape index (κ3) is 4.55. The minimum atomic E-state index is -0.284. The number of aryl methyl sites for hydroxylation is 3. The Hall–Kier alpha value is -3.35. The normalized spacial score (nSPS) is 11.7. The van der Waals surface area contributed by atoms with Crippen molar-refractivity contribution in [2.75, 3.05) is 0 Å². The van der Waals surface area contributed by atoms with Crippen LogP contribution in [0.4, 0.5) is 5.69 Å². The zero-order chi connectivity index (χ0) is 22.5. The van der Waals surface area contributed by atoms with Gasteiger partial charge in [-0.25, -0.2) is 0 Å². The second kappa shape index (κ2) is 9.64. The van der Waals surface area contributed by atoms with Crippen LogP contribution in [0.2, 0.25) is 0 Å². The van der Waals surface area contributed by atoms with Crippen LogP contribution in [0.5, 0.6) is 0 Å². The van der Waals surface area contributed by atoms with Crippen LogP contribution in [0, 0.1) is 26.2 Å². The van der Waals surface area contributed by atoms with E-state index < -0.39 is 0 Å². The smallest absolute Gasteiger partial charge is 0.396 e. The molecule has 0 unspecified atom stereocenters. The summed E-state index contributed by atoms with van der Waals surface area (Å²) in [5.74, 6) is -0.501. The highest BCUT2D eigenvalue weighted by Gasteiger charge is 2.35. The lowest BCUT2D eigenvalue weighted by atomic mass is 9.83. The molecule has 0 aromatic heterocycles. The Bertz CT molecular complexity index is 1190. The molecule has 0 amide bonds. The fourth-order valence-electron chi connectivity index (χ4n) is 3.56. The van der Waals surface area contributed by atoms with Gasteiger partial charge in [-0.15, -0.1) is 0 Å². The molecule has 0 bridgehead atoms.